The second kappa shape index (κ2) is 6.35. The number of nitrogens with zero attached hydrogens (tertiary/aromatic N) is 4. The predicted molar refractivity (Wildman–Crippen MR) is 95.7 cm³/mol. The van der Waals surface area contributed by atoms with E-state index in [4.69, 9.17) is 5.11 Å². The van der Waals surface area contributed by atoms with Gasteiger partial charge in [-0.1, -0.05) is 0 Å². The molecule has 1 N–H and O–H groups in total. The first-order chi connectivity index (χ1) is 11.5. The fraction of sp³-hybridized carbons (Fsp3) is 0. The number of rotatable bonds is 4. The van der Waals surface area contributed by atoms with E-state index in [-0.39, 0.29) is 11.3 Å². The Labute approximate surface area is 149 Å². The largest absolute Gasteiger partial charge is 0.478 e. The molecule has 1 aromatic carbocycles. The fourth-order valence-corrected chi connectivity index (χ4v) is 2.92. The first kappa shape index (κ1) is 16.1. The van der Waals surface area contributed by atoms with Gasteiger partial charge in [0.05, 0.1) is 38.9 Å². The smallest absolute Gasteiger partial charge is 0.328 e. The summed E-state index contributed by atoms with van der Waals surface area (Å²) in [5.74, 6) is -1.18. The van der Waals surface area contributed by atoms with Crippen LogP contribution in [0.1, 0.15) is 5.56 Å². The maximum atomic E-state index is 11.3. The standard InChI is InChI=1S/C15H9IN4O4/c16-19-13-8-12(20(23)24)10(1-2-14(21)22)7-11(13)15(18-19)9-3-5-17-6-4-9/h1-8H,(H,21,22)/b2-1+. The van der Waals surface area contributed by atoms with E-state index < -0.39 is 10.9 Å². The van der Waals surface area contributed by atoms with Crippen molar-refractivity contribution in [2.45, 2.75) is 0 Å². The lowest BCUT2D eigenvalue weighted by Gasteiger charge is -2.01. The maximum absolute atomic E-state index is 11.3. The molecule has 0 radical (unpaired) electrons. The molecular weight excluding hydrogens is 427 g/mol. The first-order valence-electron chi connectivity index (χ1n) is 6.66. The van der Waals surface area contributed by atoms with Crippen LogP contribution in [0, 0.1) is 10.1 Å². The highest BCUT2D eigenvalue weighted by Gasteiger charge is 2.19. The van der Waals surface area contributed by atoms with Crippen LogP contribution >= 0.6 is 22.9 Å². The number of hydrogen-bond acceptors (Lipinski definition) is 5. The summed E-state index contributed by atoms with van der Waals surface area (Å²) in [6, 6.07) is 6.53. The minimum absolute atomic E-state index is 0.181. The number of aliphatic carboxylic acids is 1. The molecular formula is C15H9IN4O4. The Morgan fingerprint density at radius 1 is 1.33 bits per heavy atom. The third-order valence-electron chi connectivity index (χ3n) is 3.34. The minimum atomic E-state index is -1.18. The Morgan fingerprint density at radius 2 is 2.04 bits per heavy atom. The van der Waals surface area contributed by atoms with Crippen molar-refractivity contribution in [3.05, 3.63) is 58.4 Å². The molecule has 2 heterocycles. The van der Waals surface area contributed by atoms with Crippen LogP contribution in [0.3, 0.4) is 0 Å². The Morgan fingerprint density at radius 3 is 2.67 bits per heavy atom. The Balaban J connectivity index is 2.29. The predicted octanol–water partition coefficient (Wildman–Crippen LogP) is 3.30. The van der Waals surface area contributed by atoms with Gasteiger partial charge >= 0.3 is 5.97 Å². The number of carbonyl (C=O) groups is 1. The number of aromatic nitrogens is 3. The molecule has 0 spiro atoms. The van der Waals surface area contributed by atoms with Gasteiger partial charge in [0.2, 0.25) is 0 Å². The van der Waals surface area contributed by atoms with Gasteiger partial charge < -0.3 is 5.11 Å². The van der Waals surface area contributed by atoms with Gasteiger partial charge in [0.25, 0.3) is 5.69 Å². The summed E-state index contributed by atoms with van der Waals surface area (Å²) in [6.07, 6.45) is 5.34. The van der Waals surface area contributed by atoms with Gasteiger partial charge in [0, 0.05) is 35.5 Å². The summed E-state index contributed by atoms with van der Waals surface area (Å²) >= 11 is 1.94. The van der Waals surface area contributed by atoms with Crippen molar-refractivity contribution < 1.29 is 14.8 Å². The van der Waals surface area contributed by atoms with Gasteiger partial charge in [-0.2, -0.15) is 5.10 Å². The molecule has 8 nitrogen and oxygen atoms in total. The van der Waals surface area contributed by atoms with E-state index >= 15 is 0 Å². The highest BCUT2D eigenvalue weighted by Crippen LogP contribution is 2.34. The van der Waals surface area contributed by atoms with Crippen LogP contribution in [0.5, 0.6) is 0 Å². The fourth-order valence-electron chi connectivity index (χ4n) is 2.31. The molecule has 0 fully saturated rings. The zero-order chi connectivity index (χ0) is 17.3. The highest BCUT2D eigenvalue weighted by molar-refractivity contribution is 14.1. The minimum Gasteiger partial charge on any atom is -0.478 e. The summed E-state index contributed by atoms with van der Waals surface area (Å²) < 4.78 is 1.53. The van der Waals surface area contributed by atoms with E-state index in [0.717, 1.165) is 11.6 Å². The molecule has 0 bridgehead atoms. The summed E-state index contributed by atoms with van der Waals surface area (Å²) in [6.45, 7) is 0. The summed E-state index contributed by atoms with van der Waals surface area (Å²) in [4.78, 5) is 25.4. The zero-order valence-corrected chi connectivity index (χ0v) is 14.1. The van der Waals surface area contributed by atoms with Crippen molar-refractivity contribution in [3.8, 4) is 11.3 Å². The molecule has 2 aromatic heterocycles. The van der Waals surface area contributed by atoms with Crippen LogP contribution in [0.2, 0.25) is 0 Å². The number of halogens is 1. The van der Waals surface area contributed by atoms with Crippen LogP contribution in [0.4, 0.5) is 5.69 Å². The topological polar surface area (TPSA) is 111 Å². The van der Waals surface area contributed by atoms with Crippen molar-refractivity contribution in [3.63, 3.8) is 0 Å². The zero-order valence-electron chi connectivity index (χ0n) is 12.0. The van der Waals surface area contributed by atoms with Crippen molar-refractivity contribution in [1.29, 1.82) is 0 Å². The molecule has 9 heteroatoms. The van der Waals surface area contributed by atoms with Gasteiger partial charge in [-0.15, -0.1) is 0 Å². The lowest BCUT2D eigenvalue weighted by molar-refractivity contribution is -0.384. The SMILES string of the molecule is O=C(O)/C=C/c1cc2c(-c3ccncc3)nn(I)c2cc1[N+](=O)[O-]. The average Bonchev–Trinajstić information content (AvgIpc) is 2.89. The number of nitro groups is 1. The quantitative estimate of drug-likeness (QED) is 0.291. The number of hydrogen-bond donors (Lipinski definition) is 1. The lowest BCUT2D eigenvalue weighted by atomic mass is 10.0. The Hall–Kier alpha value is -2.82. The molecule has 0 atom stereocenters. The third kappa shape index (κ3) is 2.97. The highest BCUT2D eigenvalue weighted by atomic mass is 127. The van der Waals surface area contributed by atoms with Gasteiger partial charge in [0.1, 0.15) is 5.69 Å². The second-order valence-corrected chi connectivity index (χ2v) is 5.72. The molecule has 0 saturated carbocycles. The van der Waals surface area contributed by atoms with Gasteiger partial charge in [-0.25, -0.2) is 7.69 Å². The molecule has 3 rings (SSSR count). The lowest BCUT2D eigenvalue weighted by Crippen LogP contribution is -1.93. The van der Waals surface area contributed by atoms with Crippen LogP contribution < -0.4 is 0 Å². The van der Waals surface area contributed by atoms with Crippen molar-refractivity contribution in [1.82, 2.24) is 13.0 Å². The number of pyridine rings is 1. The number of carboxylic acid groups (broad SMARTS) is 1. The van der Waals surface area contributed by atoms with E-state index in [1.54, 1.807) is 30.6 Å². The summed E-state index contributed by atoms with van der Waals surface area (Å²) in [5, 5.41) is 25.2. The Bertz CT molecular complexity index is 982. The van der Waals surface area contributed by atoms with Crippen molar-refractivity contribution in [2.75, 3.05) is 0 Å². The second-order valence-electron chi connectivity index (χ2n) is 4.80. The van der Waals surface area contributed by atoms with Crippen LogP contribution in [-0.2, 0) is 4.79 Å². The first-order valence-corrected chi connectivity index (χ1v) is 7.62. The summed E-state index contributed by atoms with van der Waals surface area (Å²) in [7, 11) is 0. The third-order valence-corrected chi connectivity index (χ3v) is 4.08. The van der Waals surface area contributed by atoms with Gasteiger partial charge in [-0.05, 0) is 24.3 Å². The molecule has 120 valence electrons. The van der Waals surface area contributed by atoms with Crippen LogP contribution in [0.15, 0.2) is 42.7 Å². The normalized spacial score (nSPS) is 11.2. The van der Waals surface area contributed by atoms with Gasteiger partial charge in [-0.3, -0.25) is 15.1 Å². The molecule has 3 aromatic rings. The van der Waals surface area contributed by atoms with Crippen LogP contribution in [-0.4, -0.2) is 29.0 Å². The summed E-state index contributed by atoms with van der Waals surface area (Å²) in [5.41, 5.74) is 2.05. The average molecular weight is 436 g/mol. The molecule has 24 heavy (non-hydrogen) atoms. The number of nitro benzene ring substituents is 1. The molecule has 0 unspecified atom stereocenters. The maximum Gasteiger partial charge on any atom is 0.328 e. The Kier molecular flexibility index (Phi) is 4.25. The number of benzene rings is 1. The van der Waals surface area contributed by atoms with Crippen molar-refractivity contribution >= 4 is 51.5 Å². The van der Waals surface area contributed by atoms with E-state index in [0.29, 0.717) is 16.6 Å². The van der Waals surface area contributed by atoms with Crippen LogP contribution in [0.25, 0.3) is 28.2 Å². The molecule has 0 aliphatic heterocycles. The van der Waals surface area contributed by atoms with E-state index in [9.17, 15) is 14.9 Å². The van der Waals surface area contributed by atoms with Crippen molar-refractivity contribution in [2.24, 2.45) is 0 Å². The molecule has 0 aliphatic rings. The number of fused-ring (bicyclic) bond motifs is 1. The van der Waals surface area contributed by atoms with E-state index in [1.165, 1.54) is 15.0 Å². The molecule has 0 aliphatic carbocycles. The number of carboxylic acids is 1. The molecule has 0 saturated heterocycles. The monoisotopic (exact) mass is 436 g/mol. The van der Waals surface area contributed by atoms with E-state index in [1.807, 2.05) is 22.9 Å². The van der Waals surface area contributed by atoms with Gasteiger partial charge in [0.15, 0.2) is 0 Å². The molecule has 0 amide bonds. The van der Waals surface area contributed by atoms with E-state index in [2.05, 4.69) is 10.1 Å².